The number of ether oxygens (including phenoxy) is 1. The molecule has 0 atom stereocenters. The maximum atomic E-state index is 12.6. The van der Waals surface area contributed by atoms with Gasteiger partial charge in [0, 0.05) is 0 Å². The summed E-state index contributed by atoms with van der Waals surface area (Å²) >= 11 is 0. The van der Waals surface area contributed by atoms with Crippen molar-refractivity contribution >= 4 is 10.1 Å². The van der Waals surface area contributed by atoms with Crippen molar-refractivity contribution in [2.24, 2.45) is 0 Å². The van der Waals surface area contributed by atoms with Crippen LogP contribution in [0, 0.1) is 0 Å². The van der Waals surface area contributed by atoms with Gasteiger partial charge in [0.25, 0.3) is 10.1 Å². The maximum absolute atomic E-state index is 12.6. The summed E-state index contributed by atoms with van der Waals surface area (Å²) in [5.41, 5.74) is 0.661. The van der Waals surface area contributed by atoms with Crippen LogP contribution in [0.5, 0.6) is 17.2 Å². The zero-order valence-corrected chi connectivity index (χ0v) is 20.9. The van der Waals surface area contributed by atoms with Crippen LogP contribution in [0.1, 0.15) is 70.3 Å². The Balaban J connectivity index is 0.00000450. The molecule has 0 heterocycles. The van der Waals surface area contributed by atoms with E-state index in [0.717, 1.165) is 19.3 Å². The van der Waals surface area contributed by atoms with E-state index in [2.05, 4.69) is 6.92 Å². The van der Waals surface area contributed by atoms with Crippen molar-refractivity contribution in [2.75, 3.05) is 0 Å². The van der Waals surface area contributed by atoms with Crippen molar-refractivity contribution in [2.45, 2.75) is 76.0 Å². The smallest absolute Gasteiger partial charge is 0.869 e. The minimum Gasteiger partial charge on any atom is -0.869 e. The third-order valence-corrected chi connectivity index (χ3v) is 5.83. The van der Waals surface area contributed by atoms with Gasteiger partial charge in [-0.3, -0.25) is 4.55 Å². The molecular weight excluding hydrogens is 411 g/mol. The Morgan fingerprint density at radius 2 is 1.43 bits per heavy atom. The van der Waals surface area contributed by atoms with Gasteiger partial charge in [-0.15, -0.1) is 0 Å². The van der Waals surface area contributed by atoms with Gasteiger partial charge in [-0.25, -0.2) is 0 Å². The number of hydrogen-bond acceptors (Lipinski definition) is 4. The average Bonchev–Trinajstić information content (AvgIpc) is 2.69. The van der Waals surface area contributed by atoms with E-state index in [1.165, 1.54) is 44.6 Å². The van der Waals surface area contributed by atoms with Gasteiger partial charge >= 0.3 is 29.6 Å². The van der Waals surface area contributed by atoms with E-state index < -0.39 is 20.8 Å². The molecule has 0 saturated heterocycles. The molecule has 0 aliphatic carbocycles. The van der Waals surface area contributed by atoms with Crippen LogP contribution in [0.15, 0.2) is 47.4 Å². The third-order valence-electron chi connectivity index (χ3n) is 4.95. The largest absolute Gasteiger partial charge is 1.00 e. The van der Waals surface area contributed by atoms with Crippen LogP contribution in [0.25, 0.3) is 0 Å². The van der Waals surface area contributed by atoms with E-state index in [4.69, 9.17) is 4.74 Å². The van der Waals surface area contributed by atoms with Crippen molar-refractivity contribution in [3.05, 3.63) is 48.0 Å². The summed E-state index contributed by atoms with van der Waals surface area (Å²) < 4.78 is 38.0. The summed E-state index contributed by atoms with van der Waals surface area (Å²) in [6.45, 7) is 2.21. The van der Waals surface area contributed by atoms with Gasteiger partial charge in [-0.05, 0) is 42.4 Å². The van der Waals surface area contributed by atoms with Crippen LogP contribution >= 0.6 is 0 Å². The maximum Gasteiger partial charge on any atom is 1.00 e. The number of aryl methyl sites for hydroxylation is 1. The summed E-state index contributed by atoms with van der Waals surface area (Å²) in [7, 11) is -4.60. The van der Waals surface area contributed by atoms with Crippen LogP contribution in [0.2, 0.25) is 0 Å². The molecule has 0 amide bonds. The molecule has 0 aliphatic rings. The van der Waals surface area contributed by atoms with Gasteiger partial charge in [-0.2, -0.15) is 8.42 Å². The fraction of sp³-hybridized carbons (Fsp3) is 0.478. The molecule has 0 unspecified atom stereocenters. The SMILES string of the molecule is CCCCCCCCCCCc1ccc(S(=O)(=O)O)c([O-])c1Oc1ccccc1.[Na+]. The molecule has 0 radical (unpaired) electrons. The first-order valence-corrected chi connectivity index (χ1v) is 11.9. The Morgan fingerprint density at radius 1 is 0.867 bits per heavy atom. The van der Waals surface area contributed by atoms with Gasteiger partial charge in [0.2, 0.25) is 0 Å². The topological polar surface area (TPSA) is 86.7 Å². The Hall–Kier alpha value is -1.05. The molecule has 1 N–H and O–H groups in total. The fourth-order valence-electron chi connectivity index (χ4n) is 3.33. The zero-order valence-electron chi connectivity index (χ0n) is 18.1. The fourth-order valence-corrected chi connectivity index (χ4v) is 3.90. The van der Waals surface area contributed by atoms with Crippen molar-refractivity contribution in [1.82, 2.24) is 0 Å². The van der Waals surface area contributed by atoms with Crippen LogP contribution < -0.4 is 39.4 Å². The molecule has 0 spiro atoms. The summed E-state index contributed by atoms with van der Waals surface area (Å²) in [4.78, 5) is -0.653. The number of rotatable bonds is 13. The summed E-state index contributed by atoms with van der Waals surface area (Å²) in [5.74, 6) is -0.374. The summed E-state index contributed by atoms with van der Waals surface area (Å²) in [6, 6.07) is 11.5. The van der Waals surface area contributed by atoms with Gasteiger partial charge in [-0.1, -0.05) is 82.6 Å². The summed E-state index contributed by atoms with van der Waals surface area (Å²) in [5, 5.41) is 12.6. The normalized spacial score (nSPS) is 11.1. The van der Waals surface area contributed by atoms with E-state index in [-0.39, 0.29) is 35.3 Å². The molecular formula is C23H31NaO5S. The van der Waals surface area contributed by atoms with Crippen molar-refractivity contribution in [1.29, 1.82) is 0 Å². The Kier molecular flexibility index (Phi) is 12.7. The van der Waals surface area contributed by atoms with Crippen molar-refractivity contribution in [3.8, 4) is 17.2 Å². The quantitative estimate of drug-likeness (QED) is 0.293. The minimum absolute atomic E-state index is 0. The van der Waals surface area contributed by atoms with Gasteiger partial charge in [0.05, 0.1) is 4.90 Å². The molecule has 0 aromatic heterocycles. The molecule has 30 heavy (non-hydrogen) atoms. The third kappa shape index (κ3) is 8.98. The van der Waals surface area contributed by atoms with Crippen LogP contribution in [-0.4, -0.2) is 13.0 Å². The first kappa shape index (κ1) is 27.0. The number of hydrogen-bond donors (Lipinski definition) is 1. The second-order valence-electron chi connectivity index (χ2n) is 7.35. The molecule has 0 fully saturated rings. The van der Waals surface area contributed by atoms with Gasteiger partial charge in [0.1, 0.15) is 11.5 Å². The molecule has 160 valence electrons. The Morgan fingerprint density at radius 3 is 2.00 bits per heavy atom. The van der Waals surface area contributed by atoms with Crippen LogP contribution in [0.4, 0.5) is 0 Å². The number of unbranched alkanes of at least 4 members (excludes halogenated alkanes) is 8. The van der Waals surface area contributed by atoms with Crippen molar-refractivity contribution < 1.29 is 52.4 Å². The monoisotopic (exact) mass is 442 g/mol. The van der Waals surface area contributed by atoms with Gasteiger partial charge < -0.3 is 9.84 Å². The molecule has 2 rings (SSSR count). The zero-order chi connectivity index (χ0) is 21.1. The molecule has 7 heteroatoms. The predicted molar refractivity (Wildman–Crippen MR) is 113 cm³/mol. The second-order valence-corrected chi connectivity index (χ2v) is 8.74. The minimum atomic E-state index is -4.60. The van der Waals surface area contributed by atoms with E-state index in [9.17, 15) is 18.1 Å². The second kappa shape index (κ2) is 14.1. The van der Waals surface area contributed by atoms with Crippen LogP contribution in [0.3, 0.4) is 0 Å². The van der Waals surface area contributed by atoms with E-state index in [1.807, 2.05) is 6.07 Å². The number of benzene rings is 2. The van der Waals surface area contributed by atoms with E-state index >= 15 is 0 Å². The molecule has 0 aliphatic heterocycles. The first-order valence-electron chi connectivity index (χ1n) is 10.5. The molecule has 0 saturated carbocycles. The van der Waals surface area contributed by atoms with Crippen molar-refractivity contribution in [3.63, 3.8) is 0 Å². The molecule has 2 aromatic carbocycles. The predicted octanol–water partition coefficient (Wildman–Crippen LogP) is 2.88. The van der Waals surface area contributed by atoms with E-state index in [0.29, 0.717) is 17.7 Å². The number of para-hydroxylation sites is 1. The summed E-state index contributed by atoms with van der Waals surface area (Å²) in [6.07, 6.45) is 11.3. The first-order chi connectivity index (χ1) is 13.9. The molecule has 0 bridgehead atoms. The molecule has 2 aromatic rings. The Bertz CT molecular complexity index is 853. The van der Waals surface area contributed by atoms with Crippen LogP contribution in [-0.2, 0) is 16.5 Å². The molecule has 5 nitrogen and oxygen atoms in total. The average molecular weight is 443 g/mol. The van der Waals surface area contributed by atoms with E-state index in [1.54, 1.807) is 30.3 Å². The standard InChI is InChI=1S/C23H32O5S.Na/c1-2-3-4-5-6-7-8-9-11-14-19-17-18-21(29(25,26)27)22(24)23(19)28-20-15-12-10-13-16-20;/h10,12-13,15-18,24H,2-9,11,14H2,1H3,(H,25,26,27);/q;+1/p-1. The Labute approximate surface area is 202 Å². The van der Waals surface area contributed by atoms with Gasteiger partial charge in [0.15, 0.2) is 0 Å².